The summed E-state index contributed by atoms with van der Waals surface area (Å²) in [5.74, 6) is 2.72. The molecule has 0 unspecified atom stereocenters. The number of likely N-dealkylation sites (N-methyl/N-ethyl adjacent to an activating group) is 1. The standard InChI is InChI=1S/C20H27NO3/c1-21-10-9-20(14-7-8-17(23-2)18(12-14)24-3)13-5-4-6-15(19(20)21)16(22)11-13/h7-8,12-13,15,19H,4-6,9-11H2,1-3H3/t13-,15+,19-,20+/m1/s1. The van der Waals surface area contributed by atoms with Gasteiger partial charge >= 0.3 is 0 Å². The lowest BCUT2D eigenvalue weighted by molar-refractivity contribution is -0.130. The van der Waals surface area contributed by atoms with Crippen LogP contribution in [0.4, 0.5) is 0 Å². The zero-order chi connectivity index (χ0) is 16.9. The van der Waals surface area contributed by atoms with Crippen LogP contribution in [-0.4, -0.2) is 44.5 Å². The Labute approximate surface area is 144 Å². The van der Waals surface area contributed by atoms with Crippen LogP contribution in [-0.2, 0) is 10.2 Å². The fourth-order valence-electron chi connectivity index (χ4n) is 5.85. The molecule has 0 spiro atoms. The number of benzene rings is 1. The maximum atomic E-state index is 12.7. The van der Waals surface area contributed by atoms with Crippen LogP contribution in [0.2, 0.25) is 0 Å². The van der Waals surface area contributed by atoms with Crippen LogP contribution >= 0.6 is 0 Å². The summed E-state index contributed by atoms with van der Waals surface area (Å²) < 4.78 is 11.0. The summed E-state index contributed by atoms with van der Waals surface area (Å²) in [6.45, 7) is 1.07. The molecule has 1 aliphatic heterocycles. The van der Waals surface area contributed by atoms with Crippen molar-refractivity contribution in [1.82, 2.24) is 4.90 Å². The maximum absolute atomic E-state index is 12.7. The molecule has 0 N–H and O–H groups in total. The SMILES string of the molecule is COc1ccc([C@@]23CCN(C)[C@@H]2[C@H]2CCC[C@@H]3CC2=O)cc1OC. The molecule has 24 heavy (non-hydrogen) atoms. The molecule has 1 heterocycles. The van der Waals surface area contributed by atoms with Gasteiger partial charge in [0.15, 0.2) is 11.5 Å². The van der Waals surface area contributed by atoms with Crippen LogP contribution in [0.15, 0.2) is 18.2 Å². The lowest BCUT2D eigenvalue weighted by Gasteiger charge is -2.48. The van der Waals surface area contributed by atoms with Gasteiger partial charge in [-0.25, -0.2) is 0 Å². The zero-order valence-electron chi connectivity index (χ0n) is 14.9. The highest BCUT2D eigenvalue weighted by Gasteiger charge is 2.60. The fourth-order valence-corrected chi connectivity index (χ4v) is 5.85. The number of hydrogen-bond acceptors (Lipinski definition) is 4. The molecule has 1 aromatic rings. The minimum Gasteiger partial charge on any atom is -0.493 e. The van der Waals surface area contributed by atoms with E-state index in [4.69, 9.17) is 9.47 Å². The van der Waals surface area contributed by atoms with Crippen LogP contribution in [0.1, 0.15) is 37.7 Å². The molecule has 4 fully saturated rings. The maximum Gasteiger partial charge on any atom is 0.161 e. The molecule has 0 radical (unpaired) electrons. The van der Waals surface area contributed by atoms with Gasteiger partial charge in [-0.3, -0.25) is 4.79 Å². The number of nitrogens with zero attached hydrogens (tertiary/aromatic N) is 1. The Bertz CT molecular complexity index is 658. The lowest BCUT2D eigenvalue weighted by Crippen LogP contribution is -2.55. The van der Waals surface area contributed by atoms with Gasteiger partial charge in [-0.05, 0) is 56.5 Å². The average molecular weight is 329 g/mol. The Morgan fingerprint density at radius 2 is 1.96 bits per heavy atom. The lowest BCUT2D eigenvalue weighted by atomic mass is 9.57. The second kappa shape index (κ2) is 5.76. The van der Waals surface area contributed by atoms with E-state index >= 15 is 0 Å². The molecule has 4 nitrogen and oxygen atoms in total. The van der Waals surface area contributed by atoms with Crippen molar-refractivity contribution >= 4 is 5.78 Å². The number of methoxy groups -OCH3 is 2. The normalized spacial score (nSPS) is 35.6. The molecule has 1 aromatic carbocycles. The molecule has 130 valence electrons. The van der Waals surface area contributed by atoms with Gasteiger partial charge in [0, 0.05) is 23.8 Å². The first kappa shape index (κ1) is 15.9. The van der Waals surface area contributed by atoms with E-state index < -0.39 is 0 Å². The quantitative estimate of drug-likeness (QED) is 0.854. The predicted molar refractivity (Wildman–Crippen MR) is 92.7 cm³/mol. The third-order valence-corrected chi connectivity index (χ3v) is 6.84. The molecule has 3 saturated carbocycles. The average Bonchev–Trinajstić information content (AvgIpc) is 2.75. The summed E-state index contributed by atoms with van der Waals surface area (Å²) in [5, 5.41) is 0. The van der Waals surface area contributed by atoms with Crippen molar-refractivity contribution < 1.29 is 14.3 Å². The molecule has 1 saturated heterocycles. The van der Waals surface area contributed by atoms with Gasteiger partial charge < -0.3 is 14.4 Å². The number of hydrogen-bond donors (Lipinski definition) is 0. The topological polar surface area (TPSA) is 38.8 Å². The van der Waals surface area contributed by atoms with E-state index in [9.17, 15) is 4.79 Å². The van der Waals surface area contributed by atoms with Crippen LogP contribution in [0.25, 0.3) is 0 Å². The van der Waals surface area contributed by atoms with Crippen molar-refractivity contribution in [1.29, 1.82) is 0 Å². The Kier molecular flexibility index (Phi) is 3.83. The molecule has 5 rings (SSSR count). The molecule has 0 aromatic heterocycles. The van der Waals surface area contributed by atoms with Crippen LogP contribution < -0.4 is 9.47 Å². The molecule has 4 aliphatic rings. The zero-order valence-corrected chi connectivity index (χ0v) is 14.9. The molecule has 3 aliphatic carbocycles. The van der Waals surface area contributed by atoms with Gasteiger partial charge in [0.05, 0.1) is 14.2 Å². The molecule has 2 bridgehead atoms. The summed E-state index contributed by atoms with van der Waals surface area (Å²) >= 11 is 0. The smallest absolute Gasteiger partial charge is 0.161 e. The number of Topliss-reactive ketones (excluding diaryl/α,β-unsaturated/α-hetero) is 1. The molecular formula is C20H27NO3. The largest absolute Gasteiger partial charge is 0.493 e. The first-order chi connectivity index (χ1) is 11.6. The Morgan fingerprint density at radius 1 is 1.17 bits per heavy atom. The van der Waals surface area contributed by atoms with Crippen molar-refractivity contribution in [3.05, 3.63) is 23.8 Å². The molecule has 4 atom stereocenters. The van der Waals surface area contributed by atoms with Crippen molar-refractivity contribution in [3.63, 3.8) is 0 Å². The third-order valence-electron chi connectivity index (χ3n) is 6.84. The summed E-state index contributed by atoms with van der Waals surface area (Å²) in [4.78, 5) is 15.1. The minimum atomic E-state index is 0.0867. The summed E-state index contributed by atoms with van der Waals surface area (Å²) in [5.41, 5.74) is 1.42. The van der Waals surface area contributed by atoms with Gasteiger partial charge in [-0.1, -0.05) is 12.5 Å². The third kappa shape index (κ3) is 2.05. The van der Waals surface area contributed by atoms with Crippen molar-refractivity contribution in [2.75, 3.05) is 27.8 Å². The van der Waals surface area contributed by atoms with E-state index in [-0.39, 0.29) is 11.3 Å². The van der Waals surface area contributed by atoms with Gasteiger partial charge in [-0.15, -0.1) is 0 Å². The first-order valence-electron chi connectivity index (χ1n) is 9.07. The molecule has 4 heteroatoms. The second-order valence-corrected chi connectivity index (χ2v) is 7.69. The van der Waals surface area contributed by atoms with E-state index in [1.54, 1.807) is 14.2 Å². The monoisotopic (exact) mass is 329 g/mol. The van der Waals surface area contributed by atoms with E-state index in [1.807, 2.05) is 6.07 Å². The highest BCUT2D eigenvalue weighted by atomic mass is 16.5. The van der Waals surface area contributed by atoms with E-state index in [1.165, 1.54) is 18.4 Å². The van der Waals surface area contributed by atoms with Crippen LogP contribution in [0.3, 0.4) is 0 Å². The molecular weight excluding hydrogens is 302 g/mol. The second-order valence-electron chi connectivity index (χ2n) is 7.69. The van der Waals surface area contributed by atoms with Gasteiger partial charge in [0.25, 0.3) is 0 Å². The van der Waals surface area contributed by atoms with E-state index in [2.05, 4.69) is 24.1 Å². The van der Waals surface area contributed by atoms with Gasteiger partial charge in [-0.2, -0.15) is 0 Å². The predicted octanol–water partition coefficient (Wildman–Crippen LogP) is 3.03. The highest BCUT2D eigenvalue weighted by molar-refractivity contribution is 5.84. The number of fused-ring (bicyclic) bond motifs is 3. The Balaban J connectivity index is 1.86. The van der Waals surface area contributed by atoms with Gasteiger partial charge in [0.1, 0.15) is 5.78 Å². The van der Waals surface area contributed by atoms with Crippen molar-refractivity contribution in [2.24, 2.45) is 11.8 Å². The van der Waals surface area contributed by atoms with Gasteiger partial charge in [0.2, 0.25) is 0 Å². The Hall–Kier alpha value is -1.55. The minimum absolute atomic E-state index is 0.0867. The fraction of sp³-hybridized carbons (Fsp3) is 0.650. The first-order valence-corrected chi connectivity index (χ1v) is 9.07. The molecule has 0 amide bonds. The van der Waals surface area contributed by atoms with E-state index in [0.717, 1.165) is 37.3 Å². The van der Waals surface area contributed by atoms with Crippen molar-refractivity contribution in [3.8, 4) is 11.5 Å². The number of carbonyl (C=O) groups is 1. The number of rotatable bonds is 3. The number of likely N-dealkylation sites (tertiary alicyclic amines) is 1. The van der Waals surface area contributed by atoms with Crippen LogP contribution in [0.5, 0.6) is 11.5 Å². The van der Waals surface area contributed by atoms with Crippen molar-refractivity contribution in [2.45, 2.75) is 43.6 Å². The summed E-state index contributed by atoms with van der Waals surface area (Å²) in [6.07, 6.45) is 5.29. The van der Waals surface area contributed by atoms with Crippen LogP contribution in [0, 0.1) is 11.8 Å². The Morgan fingerprint density at radius 3 is 2.71 bits per heavy atom. The number of ketones is 1. The number of carbonyl (C=O) groups excluding carboxylic acids is 1. The van der Waals surface area contributed by atoms with E-state index in [0.29, 0.717) is 17.7 Å². The number of ether oxygens (including phenoxy) is 2. The highest BCUT2D eigenvalue weighted by Crippen LogP contribution is 2.57. The summed E-state index contributed by atoms with van der Waals surface area (Å²) in [6, 6.07) is 6.73. The summed E-state index contributed by atoms with van der Waals surface area (Å²) in [7, 11) is 5.57.